The molecule has 0 aromatic carbocycles. The second kappa shape index (κ2) is 4.02. The molecule has 80 valence electrons. The monoisotopic (exact) mass is 288 g/mol. The molecule has 2 rings (SSSR count). The topological polar surface area (TPSA) is 31.0 Å². The number of hydrogen-bond donors (Lipinski definition) is 0. The van der Waals surface area contributed by atoms with E-state index >= 15 is 0 Å². The lowest BCUT2D eigenvalue weighted by atomic mass is 10.3. The van der Waals surface area contributed by atoms with Gasteiger partial charge in [0.1, 0.15) is 0 Å². The molecular weight excluding hydrogens is 279 g/mol. The molecule has 2 heterocycles. The van der Waals surface area contributed by atoms with E-state index < -0.39 is 0 Å². The fraction of sp³-hybridized carbons (Fsp3) is 0.300. The zero-order valence-electron chi connectivity index (χ0n) is 8.42. The molecule has 0 atom stereocenters. The molecule has 0 bridgehead atoms. The van der Waals surface area contributed by atoms with Gasteiger partial charge in [-0.15, -0.1) is 0 Å². The number of halogens is 2. The molecule has 0 N–H and O–H groups in total. The van der Waals surface area contributed by atoms with Gasteiger partial charge in [-0.1, -0.05) is 11.6 Å². The van der Waals surface area contributed by atoms with Gasteiger partial charge in [0.2, 0.25) is 0 Å². The second-order valence-electron chi connectivity index (χ2n) is 3.40. The van der Waals surface area contributed by atoms with Crippen molar-refractivity contribution in [3.8, 4) is 0 Å². The van der Waals surface area contributed by atoms with Crippen LogP contribution < -0.4 is 0 Å². The van der Waals surface area contributed by atoms with Crippen LogP contribution in [0.15, 0.2) is 21.4 Å². The lowest BCUT2D eigenvalue weighted by Gasteiger charge is -2.00. The molecule has 0 radical (unpaired) electrons. The Balaban J connectivity index is 2.28. The Morgan fingerprint density at radius 3 is 2.73 bits per heavy atom. The molecule has 2 aromatic rings. The molecule has 0 aliphatic carbocycles. The number of aromatic nitrogens is 2. The Labute approximate surface area is 101 Å². The van der Waals surface area contributed by atoms with Crippen LogP contribution in [0.2, 0.25) is 5.02 Å². The maximum Gasteiger partial charge on any atom is 0.169 e. The summed E-state index contributed by atoms with van der Waals surface area (Å²) in [5.74, 6) is 0. The molecule has 0 fully saturated rings. The van der Waals surface area contributed by atoms with E-state index in [0.29, 0.717) is 6.54 Å². The third-order valence-electron chi connectivity index (χ3n) is 2.25. The Hall–Kier alpha value is -0.740. The Bertz CT molecular complexity index is 490. The van der Waals surface area contributed by atoms with E-state index in [-0.39, 0.29) is 0 Å². The Morgan fingerprint density at radius 1 is 1.53 bits per heavy atom. The number of furan rings is 1. The standard InChI is InChI=1S/C10H10BrClN2O/c1-6-10(12)7(2)14(13-6)4-8-3-9(11)15-5-8/h3,5H,4H2,1-2H3. The predicted octanol–water partition coefficient (Wildman–Crippen LogP) is 3.56. The van der Waals surface area contributed by atoms with Crippen molar-refractivity contribution in [1.29, 1.82) is 0 Å². The first-order valence-corrected chi connectivity index (χ1v) is 5.67. The second-order valence-corrected chi connectivity index (χ2v) is 4.56. The Morgan fingerprint density at radius 2 is 2.27 bits per heavy atom. The van der Waals surface area contributed by atoms with Gasteiger partial charge in [0.05, 0.1) is 29.2 Å². The van der Waals surface area contributed by atoms with Crippen molar-refractivity contribution in [1.82, 2.24) is 9.78 Å². The molecule has 0 aliphatic heterocycles. The van der Waals surface area contributed by atoms with E-state index in [2.05, 4.69) is 21.0 Å². The molecule has 0 unspecified atom stereocenters. The number of aryl methyl sites for hydroxylation is 1. The summed E-state index contributed by atoms with van der Waals surface area (Å²) in [4.78, 5) is 0. The SMILES string of the molecule is Cc1nn(Cc2coc(Br)c2)c(C)c1Cl. The number of rotatable bonds is 2. The largest absolute Gasteiger partial charge is 0.457 e. The average molecular weight is 290 g/mol. The highest BCUT2D eigenvalue weighted by Gasteiger charge is 2.10. The molecule has 0 saturated heterocycles. The molecule has 2 aromatic heterocycles. The van der Waals surface area contributed by atoms with Crippen molar-refractivity contribution in [3.63, 3.8) is 0 Å². The third kappa shape index (κ3) is 2.11. The highest BCUT2D eigenvalue weighted by molar-refractivity contribution is 9.10. The molecular formula is C10H10BrClN2O. The summed E-state index contributed by atoms with van der Waals surface area (Å²) in [6.45, 7) is 4.53. The van der Waals surface area contributed by atoms with Gasteiger partial charge in [-0.3, -0.25) is 4.68 Å². The van der Waals surface area contributed by atoms with Crippen LogP contribution >= 0.6 is 27.5 Å². The van der Waals surface area contributed by atoms with E-state index in [0.717, 1.165) is 26.6 Å². The van der Waals surface area contributed by atoms with Gasteiger partial charge in [0.15, 0.2) is 4.67 Å². The van der Waals surface area contributed by atoms with Gasteiger partial charge in [-0.05, 0) is 35.8 Å². The van der Waals surface area contributed by atoms with E-state index in [1.807, 2.05) is 24.6 Å². The number of hydrogen-bond acceptors (Lipinski definition) is 2. The molecule has 5 heteroatoms. The fourth-order valence-electron chi connectivity index (χ4n) is 1.43. The quantitative estimate of drug-likeness (QED) is 0.846. The average Bonchev–Trinajstić information content (AvgIpc) is 2.68. The molecule has 15 heavy (non-hydrogen) atoms. The fourth-order valence-corrected chi connectivity index (χ4v) is 1.95. The van der Waals surface area contributed by atoms with Crippen LogP contribution in [0.4, 0.5) is 0 Å². The van der Waals surface area contributed by atoms with Gasteiger partial charge >= 0.3 is 0 Å². The first kappa shape index (κ1) is 10.8. The summed E-state index contributed by atoms with van der Waals surface area (Å²) in [6, 6.07) is 1.92. The number of nitrogens with zero attached hydrogens (tertiary/aromatic N) is 2. The van der Waals surface area contributed by atoms with Crippen LogP contribution in [0.5, 0.6) is 0 Å². The third-order valence-corrected chi connectivity index (χ3v) is 3.21. The molecule has 0 aliphatic rings. The molecule has 0 saturated carbocycles. The summed E-state index contributed by atoms with van der Waals surface area (Å²) >= 11 is 9.32. The minimum atomic E-state index is 0.675. The highest BCUT2D eigenvalue weighted by atomic mass is 79.9. The van der Waals surface area contributed by atoms with Gasteiger partial charge in [-0.2, -0.15) is 5.10 Å². The zero-order chi connectivity index (χ0) is 11.0. The molecule has 0 spiro atoms. The zero-order valence-corrected chi connectivity index (χ0v) is 10.8. The van der Waals surface area contributed by atoms with Gasteiger partial charge in [0.25, 0.3) is 0 Å². The van der Waals surface area contributed by atoms with E-state index in [4.69, 9.17) is 16.0 Å². The van der Waals surface area contributed by atoms with Crippen LogP contribution in [0.3, 0.4) is 0 Å². The van der Waals surface area contributed by atoms with Gasteiger partial charge < -0.3 is 4.42 Å². The van der Waals surface area contributed by atoms with E-state index in [1.165, 1.54) is 0 Å². The first-order chi connectivity index (χ1) is 7.08. The molecule has 3 nitrogen and oxygen atoms in total. The summed E-state index contributed by atoms with van der Waals surface area (Å²) in [5.41, 5.74) is 2.90. The van der Waals surface area contributed by atoms with Crippen molar-refractivity contribution in [2.75, 3.05) is 0 Å². The first-order valence-electron chi connectivity index (χ1n) is 4.50. The van der Waals surface area contributed by atoms with Crippen LogP contribution in [-0.4, -0.2) is 9.78 Å². The smallest absolute Gasteiger partial charge is 0.169 e. The van der Waals surface area contributed by atoms with Crippen LogP contribution in [0.25, 0.3) is 0 Å². The lowest BCUT2D eigenvalue weighted by molar-refractivity contribution is 0.535. The maximum atomic E-state index is 6.05. The van der Waals surface area contributed by atoms with E-state index in [1.54, 1.807) is 6.26 Å². The highest BCUT2D eigenvalue weighted by Crippen LogP contribution is 2.21. The van der Waals surface area contributed by atoms with Crippen LogP contribution in [-0.2, 0) is 6.54 Å². The summed E-state index contributed by atoms with van der Waals surface area (Å²) in [5, 5.41) is 5.08. The van der Waals surface area contributed by atoms with Gasteiger partial charge in [-0.25, -0.2) is 0 Å². The van der Waals surface area contributed by atoms with Crippen molar-refractivity contribution in [2.45, 2.75) is 20.4 Å². The summed E-state index contributed by atoms with van der Waals surface area (Å²) < 4.78 is 7.75. The van der Waals surface area contributed by atoms with Crippen LogP contribution in [0.1, 0.15) is 17.0 Å². The predicted molar refractivity (Wildman–Crippen MR) is 62.2 cm³/mol. The normalized spacial score (nSPS) is 10.9. The minimum absolute atomic E-state index is 0.675. The molecule has 0 amide bonds. The van der Waals surface area contributed by atoms with Crippen molar-refractivity contribution in [3.05, 3.63) is 39.0 Å². The summed E-state index contributed by atoms with van der Waals surface area (Å²) in [6.07, 6.45) is 1.70. The Kier molecular flexibility index (Phi) is 2.89. The van der Waals surface area contributed by atoms with E-state index in [9.17, 15) is 0 Å². The maximum absolute atomic E-state index is 6.05. The lowest BCUT2D eigenvalue weighted by Crippen LogP contribution is -2.02. The van der Waals surface area contributed by atoms with Crippen molar-refractivity contribution < 1.29 is 4.42 Å². The van der Waals surface area contributed by atoms with Gasteiger partial charge in [0, 0.05) is 5.56 Å². The van der Waals surface area contributed by atoms with Crippen molar-refractivity contribution in [2.24, 2.45) is 0 Å². The van der Waals surface area contributed by atoms with Crippen molar-refractivity contribution >= 4 is 27.5 Å². The van der Waals surface area contributed by atoms with Crippen LogP contribution in [0, 0.1) is 13.8 Å². The minimum Gasteiger partial charge on any atom is -0.457 e. The summed E-state index contributed by atoms with van der Waals surface area (Å²) in [7, 11) is 0.